The molecule has 1 heteroatoms. The van der Waals surface area contributed by atoms with Crippen molar-refractivity contribution in [3.8, 4) is 0 Å². The van der Waals surface area contributed by atoms with Gasteiger partial charge in [0.15, 0.2) is 5.78 Å². The molecule has 0 fully saturated rings. The third kappa shape index (κ3) is 2.41. The zero-order chi connectivity index (χ0) is 15.9. The van der Waals surface area contributed by atoms with E-state index in [2.05, 4.69) is 76.2 Å². The Morgan fingerprint density at radius 2 is 1.32 bits per heavy atom. The molecule has 0 saturated heterocycles. The molecule has 0 amide bonds. The number of hydrogen-bond donors (Lipinski definition) is 0. The molecule has 0 aromatic heterocycles. The molecule has 0 N–H and O–H groups in total. The summed E-state index contributed by atoms with van der Waals surface area (Å²) in [5, 5.41) is 0. The molecule has 0 bridgehead atoms. The van der Waals surface area contributed by atoms with Gasteiger partial charge in [-0.15, -0.1) is 0 Å². The molecule has 0 aliphatic heterocycles. The summed E-state index contributed by atoms with van der Waals surface area (Å²) in [5.41, 5.74) is 5.59. The van der Waals surface area contributed by atoms with E-state index in [1.165, 1.54) is 16.7 Å². The Kier molecular flexibility index (Phi) is 3.52. The second kappa shape index (κ2) is 5.24. The highest BCUT2D eigenvalue weighted by atomic mass is 16.1. The molecule has 2 aromatic carbocycles. The van der Waals surface area contributed by atoms with E-state index in [1.54, 1.807) is 0 Å². The molecule has 0 heterocycles. The van der Waals surface area contributed by atoms with Crippen LogP contribution in [0.25, 0.3) is 5.57 Å². The van der Waals surface area contributed by atoms with Crippen LogP contribution in [0, 0.1) is 19.3 Å². The molecule has 1 aliphatic carbocycles. The number of ketones is 1. The number of carbonyl (C=O) groups excluding carboxylic acids is 1. The predicted octanol–water partition coefficient (Wildman–Crippen LogP) is 5.08. The summed E-state index contributed by atoms with van der Waals surface area (Å²) in [5.74, 6) is 0.331. The van der Waals surface area contributed by atoms with Crippen molar-refractivity contribution < 1.29 is 4.79 Å². The number of carbonyl (C=O) groups is 1. The van der Waals surface area contributed by atoms with Gasteiger partial charge in [0.25, 0.3) is 0 Å². The molecule has 1 atom stereocenters. The van der Waals surface area contributed by atoms with Crippen LogP contribution in [-0.4, -0.2) is 5.78 Å². The van der Waals surface area contributed by atoms with E-state index in [1.807, 2.05) is 6.08 Å². The second-order valence-corrected chi connectivity index (χ2v) is 6.90. The fraction of sp³-hybridized carbons (Fsp3) is 0.286. The second-order valence-electron chi connectivity index (χ2n) is 6.90. The summed E-state index contributed by atoms with van der Waals surface area (Å²) in [6.07, 6.45) is 1.84. The quantitative estimate of drug-likeness (QED) is 0.754. The number of aryl methyl sites for hydroxylation is 2. The maximum absolute atomic E-state index is 12.5. The van der Waals surface area contributed by atoms with Crippen molar-refractivity contribution >= 4 is 11.4 Å². The molecule has 1 unspecified atom stereocenters. The van der Waals surface area contributed by atoms with Crippen molar-refractivity contribution in [2.75, 3.05) is 0 Å². The SMILES string of the molecule is Cc1ccc(C2=CC(=O)C(C)(C)C2c2ccc(C)cc2)cc1. The first-order chi connectivity index (χ1) is 10.4. The standard InChI is InChI=1S/C21H22O/c1-14-5-9-16(10-6-14)18-13-19(22)21(3,4)20(18)17-11-7-15(2)8-12-17/h5-13,20H,1-4H3. The average Bonchev–Trinajstić information content (AvgIpc) is 2.72. The summed E-state index contributed by atoms with van der Waals surface area (Å²) in [6.45, 7) is 8.28. The summed E-state index contributed by atoms with van der Waals surface area (Å²) in [4.78, 5) is 12.5. The van der Waals surface area contributed by atoms with E-state index in [0.717, 1.165) is 11.1 Å². The van der Waals surface area contributed by atoms with E-state index >= 15 is 0 Å². The molecule has 0 spiro atoms. The Labute approximate surface area is 132 Å². The predicted molar refractivity (Wildman–Crippen MR) is 91.9 cm³/mol. The molecule has 0 radical (unpaired) electrons. The van der Waals surface area contributed by atoms with Gasteiger partial charge >= 0.3 is 0 Å². The van der Waals surface area contributed by atoms with Crippen LogP contribution in [0.2, 0.25) is 0 Å². The minimum atomic E-state index is -0.393. The van der Waals surface area contributed by atoms with Crippen LogP contribution in [0.5, 0.6) is 0 Å². The van der Waals surface area contributed by atoms with Gasteiger partial charge in [-0.1, -0.05) is 73.5 Å². The lowest BCUT2D eigenvalue weighted by molar-refractivity contribution is -0.121. The van der Waals surface area contributed by atoms with E-state index in [9.17, 15) is 4.79 Å². The van der Waals surface area contributed by atoms with Crippen LogP contribution in [0.3, 0.4) is 0 Å². The van der Waals surface area contributed by atoms with Crippen molar-refractivity contribution in [3.63, 3.8) is 0 Å². The first-order valence-corrected chi connectivity index (χ1v) is 7.79. The molecular weight excluding hydrogens is 268 g/mol. The Morgan fingerprint density at radius 1 is 0.818 bits per heavy atom. The van der Waals surface area contributed by atoms with Gasteiger partial charge in [-0.3, -0.25) is 4.79 Å². The highest BCUT2D eigenvalue weighted by Gasteiger charge is 2.44. The Morgan fingerprint density at radius 3 is 1.86 bits per heavy atom. The van der Waals surface area contributed by atoms with Crippen LogP contribution in [0.4, 0.5) is 0 Å². The summed E-state index contributed by atoms with van der Waals surface area (Å²) < 4.78 is 0. The van der Waals surface area contributed by atoms with E-state index in [4.69, 9.17) is 0 Å². The van der Waals surface area contributed by atoms with Gasteiger partial charge in [-0.25, -0.2) is 0 Å². The lowest BCUT2D eigenvalue weighted by Crippen LogP contribution is -2.25. The van der Waals surface area contributed by atoms with E-state index in [-0.39, 0.29) is 11.7 Å². The summed E-state index contributed by atoms with van der Waals surface area (Å²) in [6, 6.07) is 17.0. The fourth-order valence-corrected chi connectivity index (χ4v) is 3.29. The van der Waals surface area contributed by atoms with Gasteiger partial charge in [0.2, 0.25) is 0 Å². The zero-order valence-corrected chi connectivity index (χ0v) is 13.7. The van der Waals surface area contributed by atoms with Crippen molar-refractivity contribution in [1.82, 2.24) is 0 Å². The Hall–Kier alpha value is -2.15. The van der Waals surface area contributed by atoms with Crippen molar-refractivity contribution in [1.29, 1.82) is 0 Å². The van der Waals surface area contributed by atoms with Crippen LogP contribution in [0.15, 0.2) is 54.6 Å². The topological polar surface area (TPSA) is 17.1 Å². The summed E-state index contributed by atoms with van der Waals surface area (Å²) in [7, 11) is 0. The smallest absolute Gasteiger partial charge is 0.162 e. The lowest BCUT2D eigenvalue weighted by atomic mass is 9.73. The molecule has 22 heavy (non-hydrogen) atoms. The van der Waals surface area contributed by atoms with Crippen LogP contribution >= 0.6 is 0 Å². The number of benzene rings is 2. The van der Waals surface area contributed by atoms with Crippen LogP contribution in [-0.2, 0) is 4.79 Å². The Balaban J connectivity index is 2.11. The first-order valence-electron chi connectivity index (χ1n) is 7.79. The molecule has 1 aliphatic rings. The van der Waals surface area contributed by atoms with Gasteiger partial charge in [0.1, 0.15) is 0 Å². The van der Waals surface area contributed by atoms with E-state index in [0.29, 0.717) is 0 Å². The summed E-state index contributed by atoms with van der Waals surface area (Å²) >= 11 is 0. The minimum absolute atomic E-state index is 0.114. The average molecular weight is 290 g/mol. The van der Waals surface area contributed by atoms with Gasteiger partial charge in [-0.05, 0) is 36.6 Å². The highest BCUT2D eigenvalue weighted by molar-refractivity contribution is 6.08. The molecule has 2 aromatic rings. The van der Waals surface area contributed by atoms with Crippen LogP contribution in [0.1, 0.15) is 42.0 Å². The monoisotopic (exact) mass is 290 g/mol. The highest BCUT2D eigenvalue weighted by Crippen LogP contribution is 2.50. The van der Waals surface area contributed by atoms with Crippen molar-refractivity contribution in [2.24, 2.45) is 5.41 Å². The number of allylic oxidation sites excluding steroid dienone is 2. The zero-order valence-electron chi connectivity index (χ0n) is 13.7. The maximum Gasteiger partial charge on any atom is 0.162 e. The normalized spacial score (nSPS) is 20.1. The van der Waals surface area contributed by atoms with E-state index < -0.39 is 5.41 Å². The van der Waals surface area contributed by atoms with Gasteiger partial charge < -0.3 is 0 Å². The number of rotatable bonds is 2. The Bertz CT molecular complexity index is 730. The fourth-order valence-electron chi connectivity index (χ4n) is 3.29. The van der Waals surface area contributed by atoms with Gasteiger partial charge in [-0.2, -0.15) is 0 Å². The molecule has 3 rings (SSSR count). The lowest BCUT2D eigenvalue weighted by Gasteiger charge is -2.29. The largest absolute Gasteiger partial charge is 0.294 e. The first kappa shape index (κ1) is 14.8. The maximum atomic E-state index is 12.5. The molecular formula is C21H22O. The van der Waals surface area contributed by atoms with Gasteiger partial charge in [0, 0.05) is 11.3 Å². The van der Waals surface area contributed by atoms with Crippen molar-refractivity contribution in [3.05, 3.63) is 76.9 Å². The number of hydrogen-bond acceptors (Lipinski definition) is 1. The van der Waals surface area contributed by atoms with Crippen LogP contribution < -0.4 is 0 Å². The third-order valence-electron chi connectivity index (χ3n) is 4.75. The molecule has 112 valence electrons. The third-order valence-corrected chi connectivity index (χ3v) is 4.75. The molecule has 1 nitrogen and oxygen atoms in total. The molecule has 0 saturated carbocycles. The van der Waals surface area contributed by atoms with Gasteiger partial charge in [0.05, 0.1) is 0 Å². The minimum Gasteiger partial charge on any atom is -0.294 e. The van der Waals surface area contributed by atoms with Crippen molar-refractivity contribution in [2.45, 2.75) is 33.6 Å².